The van der Waals surface area contributed by atoms with E-state index >= 15 is 0 Å². The molecule has 0 amide bonds. The van der Waals surface area contributed by atoms with Gasteiger partial charge in [0.1, 0.15) is 11.8 Å². The van der Waals surface area contributed by atoms with Crippen molar-refractivity contribution in [3.63, 3.8) is 0 Å². The number of benzene rings is 1. The number of ether oxygens (including phenoxy) is 1. The van der Waals surface area contributed by atoms with Crippen LogP contribution < -0.4 is 16.0 Å². The van der Waals surface area contributed by atoms with Crippen LogP contribution >= 0.6 is 0 Å². The number of rotatable bonds is 3. The maximum absolute atomic E-state index is 11.9. The van der Waals surface area contributed by atoms with E-state index in [1.54, 1.807) is 25.3 Å². The van der Waals surface area contributed by atoms with Crippen LogP contribution in [-0.2, 0) is 6.54 Å². The first kappa shape index (κ1) is 13.7. The maximum atomic E-state index is 11.9. The Morgan fingerprint density at radius 2 is 2.15 bits per heavy atom. The van der Waals surface area contributed by atoms with Crippen LogP contribution in [0.25, 0.3) is 0 Å². The van der Waals surface area contributed by atoms with Gasteiger partial charge in [-0.3, -0.25) is 4.79 Å². The van der Waals surface area contributed by atoms with Crippen LogP contribution in [0.5, 0.6) is 5.75 Å². The van der Waals surface area contributed by atoms with Crippen molar-refractivity contribution in [2.45, 2.75) is 13.5 Å². The van der Waals surface area contributed by atoms with Crippen molar-refractivity contribution in [1.29, 1.82) is 5.26 Å². The third-order valence-corrected chi connectivity index (χ3v) is 3.11. The molecule has 0 saturated carbocycles. The first-order valence-corrected chi connectivity index (χ1v) is 6.08. The molecule has 0 aliphatic heterocycles. The number of methoxy groups -OCH3 is 1. The van der Waals surface area contributed by atoms with Crippen molar-refractivity contribution < 1.29 is 4.74 Å². The Bertz CT molecular complexity index is 742. The molecule has 1 aromatic heterocycles. The molecule has 1 aromatic carbocycles. The molecule has 0 unspecified atom stereocenters. The van der Waals surface area contributed by atoms with Crippen LogP contribution in [0.15, 0.2) is 35.3 Å². The lowest BCUT2D eigenvalue weighted by Gasteiger charge is -2.10. The van der Waals surface area contributed by atoms with Crippen molar-refractivity contribution in [3.8, 4) is 11.8 Å². The van der Waals surface area contributed by atoms with E-state index < -0.39 is 0 Å². The summed E-state index contributed by atoms with van der Waals surface area (Å²) in [4.78, 5) is 11.9. The Kier molecular flexibility index (Phi) is 3.76. The molecule has 1 heterocycles. The van der Waals surface area contributed by atoms with Crippen LogP contribution in [0.2, 0.25) is 0 Å². The second-order valence-corrected chi connectivity index (χ2v) is 4.52. The van der Waals surface area contributed by atoms with Gasteiger partial charge in [0.05, 0.1) is 24.9 Å². The van der Waals surface area contributed by atoms with E-state index in [9.17, 15) is 4.79 Å². The number of hydrogen-bond donors (Lipinski definition) is 1. The topological polar surface area (TPSA) is 81.0 Å². The summed E-state index contributed by atoms with van der Waals surface area (Å²) in [6.07, 6.45) is 1.62. The summed E-state index contributed by atoms with van der Waals surface area (Å²) in [6, 6.07) is 8.82. The first-order chi connectivity index (χ1) is 9.55. The van der Waals surface area contributed by atoms with Crippen molar-refractivity contribution >= 4 is 5.69 Å². The molecular weight excluding hydrogens is 254 g/mol. The average molecular weight is 269 g/mol. The fraction of sp³-hybridized carbons (Fsp3) is 0.200. The summed E-state index contributed by atoms with van der Waals surface area (Å²) in [5.74, 6) is 0.520. The van der Waals surface area contributed by atoms with Crippen LogP contribution in [0.3, 0.4) is 0 Å². The van der Waals surface area contributed by atoms with E-state index in [0.29, 0.717) is 23.5 Å². The Labute approximate surface area is 116 Å². The summed E-state index contributed by atoms with van der Waals surface area (Å²) in [5, 5.41) is 9.06. The molecule has 0 bridgehead atoms. The number of nitriles is 1. The molecule has 20 heavy (non-hydrogen) atoms. The molecule has 2 rings (SSSR count). The molecule has 0 atom stereocenters. The largest absolute Gasteiger partial charge is 0.495 e. The van der Waals surface area contributed by atoms with E-state index in [0.717, 1.165) is 11.1 Å². The lowest BCUT2D eigenvalue weighted by molar-refractivity contribution is 0.413. The highest BCUT2D eigenvalue weighted by Gasteiger charge is 2.06. The molecule has 2 aromatic rings. The lowest BCUT2D eigenvalue weighted by Crippen LogP contribution is -2.20. The first-order valence-electron chi connectivity index (χ1n) is 6.08. The molecular formula is C15H15N3O2. The quantitative estimate of drug-likeness (QED) is 0.919. The summed E-state index contributed by atoms with van der Waals surface area (Å²) < 4.78 is 6.61. The Hall–Kier alpha value is -2.74. The molecule has 0 saturated heterocycles. The van der Waals surface area contributed by atoms with Gasteiger partial charge in [-0.2, -0.15) is 5.26 Å². The highest BCUT2D eigenvalue weighted by Crippen LogP contribution is 2.19. The highest BCUT2D eigenvalue weighted by atomic mass is 16.5. The Morgan fingerprint density at radius 3 is 2.80 bits per heavy atom. The minimum atomic E-state index is -0.119. The number of pyridine rings is 1. The molecule has 0 radical (unpaired) electrons. The van der Waals surface area contributed by atoms with Crippen molar-refractivity contribution in [2.75, 3.05) is 12.8 Å². The van der Waals surface area contributed by atoms with Gasteiger partial charge in [-0.25, -0.2) is 0 Å². The molecule has 0 spiro atoms. The average Bonchev–Trinajstić information content (AvgIpc) is 2.44. The third kappa shape index (κ3) is 2.64. The minimum absolute atomic E-state index is 0.119. The number of nitrogen functional groups attached to an aromatic ring is 1. The Morgan fingerprint density at radius 1 is 1.40 bits per heavy atom. The standard InChI is InChI=1S/C15H15N3O2/c1-10-5-15(19)18(9-13(10)17)8-11-3-4-14(20-2)12(6-11)7-16/h3-6,9H,8,17H2,1-2H3. The van der Waals surface area contributed by atoms with Crippen LogP contribution in [-0.4, -0.2) is 11.7 Å². The normalized spacial score (nSPS) is 10.1. The molecule has 0 fully saturated rings. The van der Waals surface area contributed by atoms with Gasteiger partial charge in [-0.05, 0) is 30.2 Å². The van der Waals surface area contributed by atoms with Gasteiger partial charge in [0.15, 0.2) is 0 Å². The van der Waals surface area contributed by atoms with Gasteiger partial charge in [0, 0.05) is 12.3 Å². The predicted octanol–water partition coefficient (Wildman–Crippen LogP) is 1.67. The fourth-order valence-electron chi connectivity index (χ4n) is 1.95. The van der Waals surface area contributed by atoms with Gasteiger partial charge >= 0.3 is 0 Å². The van der Waals surface area contributed by atoms with Gasteiger partial charge in [-0.1, -0.05) is 6.07 Å². The molecule has 5 heteroatoms. The van der Waals surface area contributed by atoms with Gasteiger partial charge < -0.3 is 15.0 Å². The van der Waals surface area contributed by atoms with Gasteiger partial charge in [-0.15, -0.1) is 0 Å². The molecule has 2 N–H and O–H groups in total. The van der Waals surface area contributed by atoms with Crippen molar-refractivity contribution in [3.05, 3.63) is 57.5 Å². The van der Waals surface area contributed by atoms with Crippen molar-refractivity contribution in [2.24, 2.45) is 0 Å². The van der Waals surface area contributed by atoms with Crippen LogP contribution in [0.4, 0.5) is 5.69 Å². The number of nitrogens with two attached hydrogens (primary N) is 1. The van der Waals surface area contributed by atoms with E-state index in [1.807, 2.05) is 6.07 Å². The van der Waals surface area contributed by atoms with E-state index in [-0.39, 0.29) is 5.56 Å². The minimum Gasteiger partial charge on any atom is -0.495 e. The molecule has 0 aliphatic carbocycles. The zero-order valence-corrected chi connectivity index (χ0v) is 11.4. The van der Waals surface area contributed by atoms with Gasteiger partial charge in [0.25, 0.3) is 5.56 Å². The number of aromatic nitrogens is 1. The highest BCUT2D eigenvalue weighted by molar-refractivity contribution is 5.46. The number of nitrogens with zero attached hydrogens (tertiary/aromatic N) is 2. The third-order valence-electron chi connectivity index (χ3n) is 3.11. The lowest BCUT2D eigenvalue weighted by atomic mass is 10.1. The smallest absolute Gasteiger partial charge is 0.251 e. The number of anilines is 1. The number of aryl methyl sites for hydroxylation is 1. The second kappa shape index (κ2) is 5.49. The molecule has 5 nitrogen and oxygen atoms in total. The summed E-state index contributed by atoms with van der Waals surface area (Å²) in [5.41, 5.74) is 8.31. The zero-order valence-electron chi connectivity index (χ0n) is 11.4. The molecule has 102 valence electrons. The summed E-state index contributed by atoms with van der Waals surface area (Å²) in [6.45, 7) is 2.16. The zero-order chi connectivity index (χ0) is 14.7. The maximum Gasteiger partial charge on any atom is 0.251 e. The van der Waals surface area contributed by atoms with Gasteiger partial charge in [0.2, 0.25) is 0 Å². The van der Waals surface area contributed by atoms with E-state index in [4.69, 9.17) is 15.7 Å². The van der Waals surface area contributed by atoms with E-state index in [1.165, 1.54) is 17.7 Å². The van der Waals surface area contributed by atoms with Crippen LogP contribution in [0.1, 0.15) is 16.7 Å². The monoisotopic (exact) mass is 269 g/mol. The van der Waals surface area contributed by atoms with E-state index in [2.05, 4.69) is 6.07 Å². The fourth-order valence-corrected chi connectivity index (χ4v) is 1.95. The van der Waals surface area contributed by atoms with Crippen molar-refractivity contribution in [1.82, 2.24) is 4.57 Å². The van der Waals surface area contributed by atoms with Crippen LogP contribution in [0, 0.1) is 18.3 Å². The summed E-state index contributed by atoms with van der Waals surface area (Å²) >= 11 is 0. The molecule has 0 aliphatic rings. The Balaban J connectivity index is 2.38. The summed E-state index contributed by atoms with van der Waals surface area (Å²) in [7, 11) is 1.51. The SMILES string of the molecule is COc1ccc(Cn2cc(N)c(C)cc2=O)cc1C#N. The predicted molar refractivity (Wildman–Crippen MR) is 76.7 cm³/mol. The number of hydrogen-bond acceptors (Lipinski definition) is 4. The second-order valence-electron chi connectivity index (χ2n) is 4.52.